The molecular weight excluding hydrogens is 260 g/mol. The number of H-pyrrole nitrogens is 1. The molecule has 15 heavy (non-hydrogen) atoms. The lowest BCUT2D eigenvalue weighted by Gasteiger charge is -2.05. The van der Waals surface area contributed by atoms with E-state index in [0.29, 0.717) is 5.75 Å². The summed E-state index contributed by atoms with van der Waals surface area (Å²) in [6, 6.07) is 5.47. The van der Waals surface area contributed by atoms with Crippen LogP contribution in [0, 0.1) is 0 Å². The van der Waals surface area contributed by atoms with Gasteiger partial charge in [0, 0.05) is 22.9 Å². The van der Waals surface area contributed by atoms with Crippen LogP contribution in [0.15, 0.2) is 39.9 Å². The second-order valence-electron chi connectivity index (χ2n) is 2.98. The first-order chi connectivity index (χ1) is 7.20. The van der Waals surface area contributed by atoms with E-state index in [0.717, 1.165) is 10.2 Å². The summed E-state index contributed by atoms with van der Waals surface area (Å²) in [6.45, 7) is 0. The van der Waals surface area contributed by atoms with E-state index in [2.05, 4.69) is 20.9 Å². The Kier molecular flexibility index (Phi) is 2.64. The zero-order chi connectivity index (χ0) is 10.8. The zero-order valence-electron chi connectivity index (χ0n) is 8.03. The average Bonchev–Trinajstić information content (AvgIpc) is 2.63. The van der Waals surface area contributed by atoms with Crippen LogP contribution in [-0.4, -0.2) is 16.7 Å². The molecule has 0 amide bonds. The van der Waals surface area contributed by atoms with Gasteiger partial charge in [0.15, 0.2) is 0 Å². The number of imidazole rings is 1. The van der Waals surface area contributed by atoms with Crippen molar-refractivity contribution in [3.63, 3.8) is 0 Å². The molecule has 0 aliphatic rings. The van der Waals surface area contributed by atoms with Gasteiger partial charge in [-0.15, -0.1) is 0 Å². The number of nitrogens with one attached hydrogen (secondary N) is 1. The van der Waals surface area contributed by atoms with Gasteiger partial charge in [-0.25, -0.2) is 4.79 Å². The van der Waals surface area contributed by atoms with Crippen molar-refractivity contribution in [2.24, 2.45) is 0 Å². The van der Waals surface area contributed by atoms with Crippen LogP contribution in [-0.2, 0) is 0 Å². The topological polar surface area (TPSA) is 47.0 Å². The third-order valence-electron chi connectivity index (χ3n) is 2.02. The van der Waals surface area contributed by atoms with Crippen LogP contribution in [0.1, 0.15) is 0 Å². The summed E-state index contributed by atoms with van der Waals surface area (Å²) in [5.74, 6) is 0.701. The second-order valence-corrected chi connectivity index (χ2v) is 3.90. The van der Waals surface area contributed by atoms with Crippen LogP contribution in [0.5, 0.6) is 5.75 Å². The summed E-state index contributed by atoms with van der Waals surface area (Å²) in [5, 5.41) is 0. The normalized spacial score (nSPS) is 10.3. The maximum Gasteiger partial charge on any atom is 0.330 e. The predicted octanol–water partition coefficient (Wildman–Crippen LogP) is 1.94. The molecule has 0 unspecified atom stereocenters. The molecule has 2 aromatic rings. The highest BCUT2D eigenvalue weighted by Gasteiger charge is 2.03. The van der Waals surface area contributed by atoms with Crippen molar-refractivity contribution in [2.45, 2.75) is 0 Å². The molecule has 0 radical (unpaired) electrons. The molecule has 0 atom stereocenters. The summed E-state index contributed by atoms with van der Waals surface area (Å²) in [7, 11) is 1.59. The molecule has 0 aliphatic carbocycles. The Balaban J connectivity index is 2.58. The van der Waals surface area contributed by atoms with Crippen LogP contribution in [0.3, 0.4) is 0 Å². The zero-order valence-corrected chi connectivity index (χ0v) is 9.61. The SMILES string of the molecule is COc1cc(Br)cc(-n2cc[nH]c2=O)c1. The Hall–Kier alpha value is -1.49. The van der Waals surface area contributed by atoms with Gasteiger partial charge in [-0.3, -0.25) is 4.57 Å². The van der Waals surface area contributed by atoms with Gasteiger partial charge in [0.1, 0.15) is 5.75 Å². The predicted molar refractivity (Wildman–Crippen MR) is 60.6 cm³/mol. The number of hydrogen-bond acceptors (Lipinski definition) is 2. The number of aromatic amines is 1. The number of methoxy groups -OCH3 is 1. The highest BCUT2D eigenvalue weighted by molar-refractivity contribution is 9.10. The minimum Gasteiger partial charge on any atom is -0.497 e. The summed E-state index contributed by atoms with van der Waals surface area (Å²) in [6.07, 6.45) is 3.26. The van der Waals surface area contributed by atoms with Crippen LogP contribution in [0.2, 0.25) is 0 Å². The van der Waals surface area contributed by atoms with E-state index in [4.69, 9.17) is 4.74 Å². The summed E-state index contributed by atoms with van der Waals surface area (Å²) in [4.78, 5) is 14.0. The molecule has 1 aromatic heterocycles. The highest BCUT2D eigenvalue weighted by atomic mass is 79.9. The van der Waals surface area contributed by atoms with Crippen LogP contribution >= 0.6 is 15.9 Å². The van der Waals surface area contributed by atoms with Crippen molar-refractivity contribution in [1.29, 1.82) is 0 Å². The number of benzene rings is 1. The van der Waals surface area contributed by atoms with E-state index in [1.807, 2.05) is 12.1 Å². The van der Waals surface area contributed by atoms with Crippen molar-refractivity contribution >= 4 is 15.9 Å². The number of nitrogens with zero attached hydrogens (tertiary/aromatic N) is 1. The number of rotatable bonds is 2. The first-order valence-corrected chi connectivity index (χ1v) is 5.11. The maximum absolute atomic E-state index is 11.4. The van der Waals surface area contributed by atoms with E-state index >= 15 is 0 Å². The van der Waals surface area contributed by atoms with Gasteiger partial charge < -0.3 is 9.72 Å². The quantitative estimate of drug-likeness (QED) is 0.905. The average molecular weight is 269 g/mol. The molecule has 0 bridgehead atoms. The lowest BCUT2D eigenvalue weighted by molar-refractivity contribution is 0.414. The fourth-order valence-corrected chi connectivity index (χ4v) is 1.79. The van der Waals surface area contributed by atoms with Crippen LogP contribution in [0.4, 0.5) is 0 Å². The lowest BCUT2D eigenvalue weighted by atomic mass is 10.3. The largest absolute Gasteiger partial charge is 0.497 e. The fourth-order valence-electron chi connectivity index (χ4n) is 1.33. The van der Waals surface area contributed by atoms with Gasteiger partial charge in [0.25, 0.3) is 0 Å². The highest BCUT2D eigenvalue weighted by Crippen LogP contribution is 2.22. The summed E-state index contributed by atoms with van der Waals surface area (Å²) < 4.78 is 7.49. The van der Waals surface area contributed by atoms with Crippen molar-refractivity contribution in [3.05, 3.63) is 45.5 Å². The Morgan fingerprint density at radius 3 is 2.80 bits per heavy atom. The van der Waals surface area contributed by atoms with Gasteiger partial charge in [0.05, 0.1) is 12.8 Å². The number of ether oxygens (including phenoxy) is 1. The third-order valence-corrected chi connectivity index (χ3v) is 2.48. The molecule has 2 rings (SSSR count). The molecular formula is C10H9BrN2O2. The third kappa shape index (κ3) is 1.97. The van der Waals surface area contributed by atoms with E-state index < -0.39 is 0 Å². The monoisotopic (exact) mass is 268 g/mol. The van der Waals surface area contributed by atoms with E-state index in [1.54, 1.807) is 25.6 Å². The Labute approximate surface area is 94.6 Å². The molecule has 1 heterocycles. The Bertz CT molecular complexity index is 530. The Morgan fingerprint density at radius 1 is 1.40 bits per heavy atom. The number of halogens is 1. The van der Waals surface area contributed by atoms with Crippen molar-refractivity contribution < 1.29 is 4.74 Å². The molecule has 5 heteroatoms. The first kappa shape index (κ1) is 10.0. The molecule has 1 aromatic carbocycles. The lowest BCUT2D eigenvalue weighted by Crippen LogP contribution is -2.13. The van der Waals surface area contributed by atoms with Crippen molar-refractivity contribution in [2.75, 3.05) is 7.11 Å². The molecule has 0 spiro atoms. The first-order valence-electron chi connectivity index (χ1n) is 4.31. The Morgan fingerprint density at radius 2 is 2.20 bits per heavy atom. The van der Waals surface area contributed by atoms with Crippen LogP contribution in [0.25, 0.3) is 5.69 Å². The fraction of sp³-hybridized carbons (Fsp3) is 0.100. The van der Waals surface area contributed by atoms with Gasteiger partial charge in [0.2, 0.25) is 0 Å². The van der Waals surface area contributed by atoms with Crippen molar-refractivity contribution in [1.82, 2.24) is 9.55 Å². The number of aromatic nitrogens is 2. The molecule has 4 nitrogen and oxygen atoms in total. The molecule has 0 aliphatic heterocycles. The summed E-state index contributed by atoms with van der Waals surface area (Å²) >= 11 is 3.36. The van der Waals surface area contributed by atoms with Gasteiger partial charge >= 0.3 is 5.69 Å². The summed E-state index contributed by atoms with van der Waals surface area (Å²) in [5.41, 5.74) is 0.586. The minimum absolute atomic E-state index is 0.171. The molecule has 0 saturated heterocycles. The second kappa shape index (κ2) is 3.94. The molecule has 0 saturated carbocycles. The number of hydrogen-bond donors (Lipinski definition) is 1. The van der Waals surface area contributed by atoms with Crippen LogP contribution < -0.4 is 10.4 Å². The van der Waals surface area contributed by atoms with Crippen molar-refractivity contribution in [3.8, 4) is 11.4 Å². The van der Waals surface area contributed by atoms with E-state index in [-0.39, 0.29) is 5.69 Å². The molecule has 1 N–H and O–H groups in total. The van der Waals surface area contributed by atoms with E-state index in [9.17, 15) is 4.79 Å². The maximum atomic E-state index is 11.4. The smallest absolute Gasteiger partial charge is 0.330 e. The van der Waals surface area contributed by atoms with Gasteiger partial charge in [-0.1, -0.05) is 15.9 Å². The van der Waals surface area contributed by atoms with Gasteiger partial charge in [-0.2, -0.15) is 0 Å². The van der Waals surface area contributed by atoms with E-state index in [1.165, 1.54) is 4.57 Å². The molecule has 78 valence electrons. The minimum atomic E-state index is -0.171. The van der Waals surface area contributed by atoms with Gasteiger partial charge in [-0.05, 0) is 12.1 Å². The molecule has 0 fully saturated rings. The standard InChI is InChI=1S/C10H9BrN2O2/c1-15-9-5-7(11)4-8(6-9)13-3-2-12-10(13)14/h2-6H,1H3,(H,12,14).